The topological polar surface area (TPSA) is 56.7 Å². The van der Waals surface area contributed by atoms with Gasteiger partial charge >= 0.3 is 7.12 Å². The number of hydrogen-bond donors (Lipinski definition) is 0. The van der Waals surface area contributed by atoms with Crippen LogP contribution in [0.1, 0.15) is 58.6 Å². The second kappa shape index (κ2) is 7.39. The molecule has 0 spiro atoms. The van der Waals surface area contributed by atoms with Crippen LogP contribution in [0.25, 0.3) is 0 Å². The van der Waals surface area contributed by atoms with Crippen LogP contribution in [-0.4, -0.2) is 54.6 Å². The van der Waals surface area contributed by atoms with Gasteiger partial charge in [-0.3, -0.25) is 0 Å². The Morgan fingerprint density at radius 1 is 1.14 bits per heavy atom. The fourth-order valence-electron chi connectivity index (χ4n) is 3.88. The van der Waals surface area contributed by atoms with Crippen molar-refractivity contribution in [1.82, 2.24) is 9.97 Å². The maximum absolute atomic E-state index is 15.0. The number of rotatable bonds is 3. The second-order valence-electron chi connectivity index (χ2n) is 8.89. The van der Waals surface area contributed by atoms with Crippen molar-refractivity contribution in [2.24, 2.45) is 0 Å². The van der Waals surface area contributed by atoms with Crippen molar-refractivity contribution in [2.75, 3.05) is 31.2 Å². The molecule has 4 rings (SSSR count). The number of ether oxygens (including phenoxy) is 1. The Labute approximate surface area is 166 Å². The van der Waals surface area contributed by atoms with E-state index in [1.54, 1.807) is 6.33 Å². The van der Waals surface area contributed by atoms with E-state index in [1.165, 1.54) is 0 Å². The Bertz CT molecular complexity index is 739. The van der Waals surface area contributed by atoms with E-state index in [9.17, 15) is 0 Å². The SMILES string of the molecule is CC1(C)OB(C(F)=C2CCN(c3cc(C4CCOC4)ncn3)CC2)OC1(C)C. The van der Waals surface area contributed by atoms with Gasteiger partial charge in [0.1, 0.15) is 17.9 Å². The molecule has 1 aromatic rings. The quantitative estimate of drug-likeness (QED) is 0.739. The van der Waals surface area contributed by atoms with E-state index in [-0.39, 0.29) is 5.73 Å². The molecule has 6 nitrogen and oxygen atoms in total. The summed E-state index contributed by atoms with van der Waals surface area (Å²) in [6, 6.07) is 2.05. The summed E-state index contributed by atoms with van der Waals surface area (Å²) in [5, 5.41) is 0. The summed E-state index contributed by atoms with van der Waals surface area (Å²) in [5.74, 6) is 1.26. The van der Waals surface area contributed by atoms with Crippen molar-refractivity contribution in [1.29, 1.82) is 0 Å². The molecule has 0 aliphatic carbocycles. The lowest BCUT2D eigenvalue weighted by Gasteiger charge is -2.32. The van der Waals surface area contributed by atoms with Gasteiger partial charge in [-0.2, -0.15) is 0 Å². The predicted octanol–water partition coefficient (Wildman–Crippen LogP) is 3.44. The number of nitrogens with zero attached hydrogens (tertiary/aromatic N) is 3. The fraction of sp³-hybridized carbons (Fsp3) is 0.700. The minimum atomic E-state index is -0.903. The Morgan fingerprint density at radius 3 is 2.43 bits per heavy atom. The highest BCUT2D eigenvalue weighted by molar-refractivity contribution is 6.53. The Morgan fingerprint density at radius 2 is 1.82 bits per heavy atom. The van der Waals surface area contributed by atoms with Crippen LogP contribution in [-0.2, 0) is 14.0 Å². The predicted molar refractivity (Wildman–Crippen MR) is 106 cm³/mol. The molecule has 28 heavy (non-hydrogen) atoms. The fourth-order valence-corrected chi connectivity index (χ4v) is 3.88. The third kappa shape index (κ3) is 3.69. The molecule has 1 unspecified atom stereocenters. The summed E-state index contributed by atoms with van der Waals surface area (Å²) >= 11 is 0. The van der Waals surface area contributed by atoms with Crippen molar-refractivity contribution >= 4 is 12.9 Å². The van der Waals surface area contributed by atoms with Crippen LogP contribution in [0.3, 0.4) is 0 Å². The highest BCUT2D eigenvalue weighted by Gasteiger charge is 2.53. The summed E-state index contributed by atoms with van der Waals surface area (Å²) in [6.45, 7) is 10.7. The van der Waals surface area contributed by atoms with Gasteiger partial charge in [0.15, 0.2) is 0 Å². The summed E-state index contributed by atoms with van der Waals surface area (Å²) < 4.78 is 32.2. The van der Waals surface area contributed by atoms with Crippen molar-refractivity contribution in [2.45, 2.75) is 64.1 Å². The number of piperidine rings is 1. The van der Waals surface area contributed by atoms with Gasteiger partial charge in [0.05, 0.1) is 23.5 Å². The molecule has 3 fully saturated rings. The molecule has 1 atom stereocenters. The first-order chi connectivity index (χ1) is 13.3. The van der Waals surface area contributed by atoms with Crippen LogP contribution in [0.5, 0.6) is 0 Å². The Hall–Kier alpha value is -1.51. The third-order valence-corrected chi connectivity index (χ3v) is 6.51. The molecule has 1 aromatic heterocycles. The van der Waals surface area contributed by atoms with Crippen LogP contribution < -0.4 is 4.90 Å². The van der Waals surface area contributed by atoms with Crippen LogP contribution >= 0.6 is 0 Å². The average Bonchev–Trinajstić information content (AvgIpc) is 3.28. The highest BCUT2D eigenvalue weighted by atomic mass is 19.1. The smallest absolute Gasteiger partial charge is 0.398 e. The van der Waals surface area contributed by atoms with E-state index < -0.39 is 18.3 Å². The van der Waals surface area contributed by atoms with Gasteiger partial charge in [0.25, 0.3) is 0 Å². The Balaban J connectivity index is 1.42. The number of hydrogen-bond acceptors (Lipinski definition) is 6. The van der Waals surface area contributed by atoms with Gasteiger partial charge in [-0.05, 0) is 52.5 Å². The molecule has 3 aliphatic heterocycles. The third-order valence-electron chi connectivity index (χ3n) is 6.51. The van der Waals surface area contributed by atoms with E-state index in [1.807, 2.05) is 27.7 Å². The van der Waals surface area contributed by atoms with Crippen LogP contribution in [0, 0.1) is 0 Å². The molecule has 4 heterocycles. The van der Waals surface area contributed by atoms with E-state index >= 15 is 4.39 Å². The molecule has 152 valence electrons. The van der Waals surface area contributed by atoms with Gasteiger partial charge in [-0.15, -0.1) is 0 Å². The van der Waals surface area contributed by atoms with Gasteiger partial charge in [0.2, 0.25) is 0 Å². The summed E-state index contributed by atoms with van der Waals surface area (Å²) in [4.78, 5) is 11.0. The van der Waals surface area contributed by atoms with Crippen molar-refractivity contribution in [3.8, 4) is 0 Å². The first-order valence-corrected chi connectivity index (χ1v) is 10.1. The summed E-state index contributed by atoms with van der Waals surface area (Å²) in [5.41, 5.74) is 0.500. The van der Waals surface area contributed by atoms with Gasteiger partial charge in [0, 0.05) is 31.7 Å². The minimum absolute atomic E-state index is 0.259. The Kier molecular flexibility index (Phi) is 5.23. The lowest BCUT2D eigenvalue weighted by molar-refractivity contribution is 0.00578. The summed E-state index contributed by atoms with van der Waals surface area (Å²) in [7, 11) is -0.903. The maximum atomic E-state index is 15.0. The van der Waals surface area contributed by atoms with E-state index in [0.29, 0.717) is 18.8 Å². The lowest BCUT2D eigenvalue weighted by Crippen LogP contribution is -2.41. The van der Waals surface area contributed by atoms with Crippen molar-refractivity contribution < 1.29 is 18.4 Å². The average molecular weight is 389 g/mol. The van der Waals surface area contributed by atoms with E-state index in [0.717, 1.165) is 49.8 Å². The highest BCUT2D eigenvalue weighted by Crippen LogP contribution is 2.40. The van der Waals surface area contributed by atoms with Crippen LogP contribution in [0.15, 0.2) is 23.7 Å². The van der Waals surface area contributed by atoms with Gasteiger partial charge in [-0.1, -0.05) is 0 Å². The lowest BCUT2D eigenvalue weighted by atomic mass is 9.82. The van der Waals surface area contributed by atoms with Crippen molar-refractivity contribution in [3.63, 3.8) is 0 Å². The molecule has 0 saturated carbocycles. The molecule has 0 amide bonds. The first kappa shape index (κ1) is 19.8. The molecular formula is C20H29BFN3O3. The van der Waals surface area contributed by atoms with Gasteiger partial charge < -0.3 is 18.9 Å². The van der Waals surface area contributed by atoms with Crippen molar-refractivity contribution in [3.05, 3.63) is 29.4 Å². The molecule has 0 radical (unpaired) electrons. The maximum Gasteiger partial charge on any atom is 0.525 e. The van der Waals surface area contributed by atoms with Crippen LogP contribution in [0.2, 0.25) is 0 Å². The molecule has 0 N–H and O–H groups in total. The monoisotopic (exact) mass is 389 g/mol. The first-order valence-electron chi connectivity index (χ1n) is 10.1. The standard InChI is InChI=1S/C20H29BFN3O3/c1-19(2)20(3,4)28-21(27-19)18(22)14-5-8-25(9-6-14)17-11-16(23-13-24-17)15-7-10-26-12-15/h11,13,15H,5-10,12H2,1-4H3. The number of halogens is 1. The van der Waals surface area contributed by atoms with Crippen LogP contribution in [0.4, 0.5) is 10.2 Å². The van der Waals surface area contributed by atoms with Gasteiger partial charge in [-0.25, -0.2) is 14.4 Å². The van der Waals surface area contributed by atoms with E-state index in [2.05, 4.69) is 20.9 Å². The molecule has 0 bridgehead atoms. The largest absolute Gasteiger partial charge is 0.525 e. The second-order valence-corrected chi connectivity index (χ2v) is 8.89. The zero-order chi connectivity index (χ0) is 19.9. The molecule has 0 aromatic carbocycles. The number of anilines is 1. The summed E-state index contributed by atoms with van der Waals surface area (Å²) in [6.07, 6.45) is 3.91. The zero-order valence-corrected chi connectivity index (χ0v) is 17.2. The molecule has 3 aliphatic rings. The minimum Gasteiger partial charge on any atom is -0.398 e. The zero-order valence-electron chi connectivity index (χ0n) is 17.2. The van der Waals surface area contributed by atoms with E-state index in [4.69, 9.17) is 14.0 Å². The molecule has 8 heteroatoms. The molecular weight excluding hydrogens is 360 g/mol. The molecule has 3 saturated heterocycles. The number of aromatic nitrogens is 2. The normalized spacial score (nSPS) is 26.8.